The summed E-state index contributed by atoms with van der Waals surface area (Å²) in [7, 11) is 3.15. The Hall–Kier alpha value is -1.30. The molecular weight excluding hydrogens is 270 g/mol. The van der Waals surface area contributed by atoms with Gasteiger partial charge in [0.25, 0.3) is 0 Å². The van der Waals surface area contributed by atoms with Gasteiger partial charge in [0.1, 0.15) is 11.5 Å². The fraction of sp³-hybridized carbons (Fsp3) is 0.625. The molecule has 0 heterocycles. The molecule has 0 aromatic heterocycles. The lowest BCUT2D eigenvalue weighted by Gasteiger charge is -2.21. The lowest BCUT2D eigenvalue weighted by Crippen LogP contribution is -2.36. The van der Waals surface area contributed by atoms with Gasteiger partial charge >= 0.3 is 0 Å². The van der Waals surface area contributed by atoms with Crippen LogP contribution in [0.25, 0.3) is 0 Å². The van der Waals surface area contributed by atoms with Crippen molar-refractivity contribution in [3.8, 4) is 11.5 Å². The highest BCUT2D eigenvalue weighted by atomic mass is 16.5. The van der Waals surface area contributed by atoms with Crippen LogP contribution in [-0.4, -0.2) is 43.6 Å². The van der Waals surface area contributed by atoms with E-state index < -0.39 is 6.10 Å². The van der Waals surface area contributed by atoms with Crippen molar-refractivity contribution in [3.05, 3.63) is 23.8 Å². The molecule has 0 amide bonds. The van der Waals surface area contributed by atoms with Crippen LogP contribution < -0.4 is 14.8 Å². The Kier molecular flexibility index (Phi) is 7.50. The highest BCUT2D eigenvalue weighted by Crippen LogP contribution is 2.29. The number of benzene rings is 1. The van der Waals surface area contributed by atoms with Gasteiger partial charge in [0.2, 0.25) is 0 Å². The van der Waals surface area contributed by atoms with E-state index in [2.05, 4.69) is 19.2 Å². The molecule has 1 rings (SSSR count). The van der Waals surface area contributed by atoms with E-state index in [9.17, 15) is 10.2 Å². The minimum Gasteiger partial charge on any atom is -0.497 e. The van der Waals surface area contributed by atoms with Crippen LogP contribution in [0.3, 0.4) is 0 Å². The normalized spacial score (nSPS) is 14.0. The third-order valence-corrected chi connectivity index (χ3v) is 3.37. The lowest BCUT2D eigenvalue weighted by molar-refractivity contribution is 0.150. The number of aliphatic hydroxyl groups is 2. The smallest absolute Gasteiger partial charge is 0.124 e. The zero-order valence-electron chi connectivity index (χ0n) is 13.3. The highest BCUT2D eigenvalue weighted by Gasteiger charge is 2.17. The average Bonchev–Trinajstić information content (AvgIpc) is 2.49. The van der Waals surface area contributed by atoms with Gasteiger partial charge in [-0.2, -0.15) is 0 Å². The van der Waals surface area contributed by atoms with Crippen LogP contribution in [0.15, 0.2) is 18.2 Å². The standard InChI is InChI=1S/C16H27NO4/c1-11(2)7-12(10-18)17-9-15(19)14-8-13(20-3)5-6-16(14)21-4/h5-6,8,11-12,15,17-19H,7,9-10H2,1-4H3. The van der Waals surface area contributed by atoms with E-state index in [1.807, 2.05) is 0 Å². The van der Waals surface area contributed by atoms with Crippen LogP contribution in [0.4, 0.5) is 0 Å². The first-order valence-corrected chi connectivity index (χ1v) is 7.26. The number of nitrogens with one attached hydrogen (secondary N) is 1. The number of hydrogen-bond donors (Lipinski definition) is 3. The van der Waals surface area contributed by atoms with E-state index in [-0.39, 0.29) is 12.6 Å². The molecule has 0 aliphatic carbocycles. The van der Waals surface area contributed by atoms with Crippen LogP contribution in [0, 0.1) is 5.92 Å². The second kappa shape index (κ2) is 8.87. The third-order valence-electron chi connectivity index (χ3n) is 3.37. The maximum Gasteiger partial charge on any atom is 0.124 e. The minimum absolute atomic E-state index is 0.0174. The first kappa shape index (κ1) is 17.8. The summed E-state index contributed by atoms with van der Waals surface area (Å²) in [5.74, 6) is 1.78. The van der Waals surface area contributed by atoms with Crippen molar-refractivity contribution in [3.63, 3.8) is 0 Å². The van der Waals surface area contributed by atoms with Gasteiger partial charge in [-0.15, -0.1) is 0 Å². The lowest BCUT2D eigenvalue weighted by atomic mass is 10.0. The van der Waals surface area contributed by atoms with Gasteiger partial charge < -0.3 is 25.0 Å². The first-order valence-electron chi connectivity index (χ1n) is 7.26. The number of ether oxygens (including phenoxy) is 2. The fourth-order valence-corrected chi connectivity index (χ4v) is 2.28. The molecule has 2 unspecified atom stereocenters. The second-order valence-electron chi connectivity index (χ2n) is 5.54. The summed E-state index contributed by atoms with van der Waals surface area (Å²) in [6, 6.07) is 5.31. The fourth-order valence-electron chi connectivity index (χ4n) is 2.28. The number of hydrogen-bond acceptors (Lipinski definition) is 5. The quantitative estimate of drug-likeness (QED) is 0.647. The molecule has 21 heavy (non-hydrogen) atoms. The molecule has 0 aliphatic rings. The Morgan fingerprint density at radius 3 is 2.43 bits per heavy atom. The van der Waals surface area contributed by atoms with Crippen LogP contribution in [0.1, 0.15) is 31.9 Å². The number of aliphatic hydroxyl groups excluding tert-OH is 2. The maximum atomic E-state index is 10.4. The van der Waals surface area contributed by atoms with E-state index in [0.717, 1.165) is 6.42 Å². The molecule has 0 saturated carbocycles. The van der Waals surface area contributed by atoms with Gasteiger partial charge in [0.05, 0.1) is 26.9 Å². The number of methoxy groups -OCH3 is 2. The van der Waals surface area contributed by atoms with Crippen molar-refractivity contribution >= 4 is 0 Å². The molecule has 3 N–H and O–H groups in total. The predicted molar refractivity (Wildman–Crippen MR) is 82.8 cm³/mol. The SMILES string of the molecule is COc1ccc(OC)c(C(O)CNC(CO)CC(C)C)c1. The highest BCUT2D eigenvalue weighted by molar-refractivity contribution is 5.41. The summed E-state index contributed by atoms with van der Waals surface area (Å²) in [4.78, 5) is 0. The molecule has 0 radical (unpaired) electrons. The van der Waals surface area contributed by atoms with Crippen LogP contribution in [0.5, 0.6) is 11.5 Å². The van der Waals surface area contributed by atoms with Crippen molar-refractivity contribution < 1.29 is 19.7 Å². The molecule has 0 spiro atoms. The van der Waals surface area contributed by atoms with Gasteiger partial charge in [0, 0.05) is 18.2 Å². The molecule has 5 heteroatoms. The summed E-state index contributed by atoms with van der Waals surface area (Å²) < 4.78 is 10.4. The molecule has 5 nitrogen and oxygen atoms in total. The van der Waals surface area contributed by atoms with Crippen LogP contribution in [0.2, 0.25) is 0 Å². The Bertz CT molecular complexity index is 423. The van der Waals surface area contributed by atoms with E-state index in [4.69, 9.17) is 9.47 Å². The van der Waals surface area contributed by atoms with Gasteiger partial charge in [-0.25, -0.2) is 0 Å². The summed E-state index contributed by atoms with van der Waals surface area (Å²) in [5, 5.41) is 22.9. The zero-order valence-corrected chi connectivity index (χ0v) is 13.3. The van der Waals surface area contributed by atoms with Crippen molar-refractivity contribution in [1.82, 2.24) is 5.32 Å². The molecule has 120 valence electrons. The monoisotopic (exact) mass is 297 g/mol. The Morgan fingerprint density at radius 1 is 1.19 bits per heavy atom. The molecule has 2 atom stereocenters. The summed E-state index contributed by atoms with van der Waals surface area (Å²) in [6.07, 6.45) is 0.134. The molecule has 0 fully saturated rings. The first-order chi connectivity index (χ1) is 10.0. The molecule has 0 saturated heterocycles. The minimum atomic E-state index is -0.726. The molecular formula is C16H27NO4. The van der Waals surface area contributed by atoms with Gasteiger partial charge in [-0.05, 0) is 30.5 Å². The second-order valence-corrected chi connectivity index (χ2v) is 5.54. The topological polar surface area (TPSA) is 71.0 Å². The number of rotatable bonds is 9. The maximum absolute atomic E-state index is 10.4. The third kappa shape index (κ3) is 5.53. The van der Waals surface area contributed by atoms with E-state index in [1.165, 1.54) is 0 Å². The van der Waals surface area contributed by atoms with E-state index in [0.29, 0.717) is 29.5 Å². The summed E-state index contributed by atoms with van der Waals surface area (Å²) in [6.45, 7) is 4.61. The van der Waals surface area contributed by atoms with Crippen LogP contribution >= 0.6 is 0 Å². The van der Waals surface area contributed by atoms with Crippen molar-refractivity contribution in [1.29, 1.82) is 0 Å². The van der Waals surface area contributed by atoms with Gasteiger partial charge in [-0.1, -0.05) is 13.8 Å². The van der Waals surface area contributed by atoms with Gasteiger partial charge in [0.15, 0.2) is 0 Å². The average molecular weight is 297 g/mol. The Labute approximate surface area is 126 Å². The van der Waals surface area contributed by atoms with Crippen molar-refractivity contribution in [2.45, 2.75) is 32.4 Å². The van der Waals surface area contributed by atoms with E-state index in [1.54, 1.807) is 32.4 Å². The Morgan fingerprint density at radius 2 is 1.90 bits per heavy atom. The zero-order chi connectivity index (χ0) is 15.8. The molecule has 1 aromatic rings. The van der Waals surface area contributed by atoms with Crippen molar-refractivity contribution in [2.24, 2.45) is 5.92 Å². The predicted octanol–water partition coefficient (Wildman–Crippen LogP) is 1.73. The Balaban J connectivity index is 2.71. The largest absolute Gasteiger partial charge is 0.497 e. The van der Waals surface area contributed by atoms with E-state index >= 15 is 0 Å². The summed E-state index contributed by atoms with van der Waals surface area (Å²) >= 11 is 0. The molecule has 0 aliphatic heterocycles. The van der Waals surface area contributed by atoms with Crippen LogP contribution in [-0.2, 0) is 0 Å². The van der Waals surface area contributed by atoms with Gasteiger partial charge in [-0.3, -0.25) is 0 Å². The van der Waals surface area contributed by atoms with Crippen molar-refractivity contribution in [2.75, 3.05) is 27.4 Å². The summed E-state index contributed by atoms with van der Waals surface area (Å²) in [5.41, 5.74) is 0.672. The molecule has 1 aromatic carbocycles. The molecule has 0 bridgehead atoms.